The van der Waals surface area contributed by atoms with Gasteiger partial charge in [-0.1, -0.05) is 25.5 Å². The summed E-state index contributed by atoms with van der Waals surface area (Å²) in [5.74, 6) is -0.381. The van der Waals surface area contributed by atoms with Gasteiger partial charge in [-0.3, -0.25) is 4.79 Å². The van der Waals surface area contributed by atoms with E-state index in [0.29, 0.717) is 11.1 Å². The molecule has 0 aliphatic heterocycles. The van der Waals surface area contributed by atoms with Crippen LogP contribution in [-0.4, -0.2) is 11.8 Å². The molecular weight excluding hydrogens is 229 g/mol. The molecule has 0 aromatic heterocycles. The molecule has 2 N–H and O–H groups in total. The predicted octanol–water partition coefficient (Wildman–Crippen LogP) is 3.47. The van der Waals surface area contributed by atoms with Gasteiger partial charge in [-0.25, -0.2) is 4.39 Å². The van der Waals surface area contributed by atoms with E-state index in [-0.39, 0.29) is 23.6 Å². The Labute approximate surface area is 108 Å². The predicted molar refractivity (Wildman–Crippen MR) is 72.1 cm³/mol. The Kier molecular flexibility index (Phi) is 5.48. The molecule has 1 rings (SSSR count). The average Bonchev–Trinajstić information content (AvgIpc) is 2.31. The summed E-state index contributed by atoms with van der Waals surface area (Å²) in [6.45, 7) is 5.54. The molecule has 2 nitrogen and oxygen atoms in total. The van der Waals surface area contributed by atoms with Crippen molar-refractivity contribution in [2.24, 2.45) is 11.7 Å². The highest BCUT2D eigenvalue weighted by molar-refractivity contribution is 5.97. The Hall–Kier alpha value is -1.22. The molecule has 0 fully saturated rings. The summed E-state index contributed by atoms with van der Waals surface area (Å²) in [5.41, 5.74) is 6.70. The maximum Gasteiger partial charge on any atom is 0.165 e. The monoisotopic (exact) mass is 251 g/mol. The number of carbonyl (C=O) groups excluding carboxylic acids is 1. The fourth-order valence-corrected chi connectivity index (χ4v) is 1.91. The second-order valence-corrected chi connectivity index (χ2v) is 5.14. The fraction of sp³-hybridized carbons (Fsp3) is 0.533. The summed E-state index contributed by atoms with van der Waals surface area (Å²) >= 11 is 0. The molecular formula is C15H22FNO. The maximum absolute atomic E-state index is 13.4. The molecule has 1 aromatic rings. The zero-order chi connectivity index (χ0) is 13.7. The van der Waals surface area contributed by atoms with Gasteiger partial charge in [-0.15, -0.1) is 0 Å². The van der Waals surface area contributed by atoms with Gasteiger partial charge in [0.05, 0.1) is 0 Å². The number of hydrogen-bond donors (Lipinski definition) is 1. The zero-order valence-electron chi connectivity index (χ0n) is 11.4. The van der Waals surface area contributed by atoms with Crippen LogP contribution >= 0.6 is 0 Å². The number of ketones is 1. The summed E-state index contributed by atoms with van der Waals surface area (Å²) in [4.78, 5) is 12.1. The fourth-order valence-electron chi connectivity index (χ4n) is 1.91. The number of rotatable bonds is 6. The van der Waals surface area contributed by atoms with Gasteiger partial charge in [0.25, 0.3) is 0 Å². The van der Waals surface area contributed by atoms with Crippen LogP contribution in [0.1, 0.15) is 49.0 Å². The Bertz CT molecular complexity index is 415. The first kappa shape index (κ1) is 14.8. The number of benzene rings is 1. The normalized spacial score (nSPS) is 14.3. The Morgan fingerprint density at radius 3 is 2.56 bits per heavy atom. The topological polar surface area (TPSA) is 43.1 Å². The van der Waals surface area contributed by atoms with E-state index in [1.807, 2.05) is 13.8 Å². The lowest BCUT2D eigenvalue weighted by molar-refractivity contribution is 0.0921. The molecule has 18 heavy (non-hydrogen) atoms. The molecule has 0 heterocycles. The van der Waals surface area contributed by atoms with Crippen LogP contribution in [0, 0.1) is 18.7 Å². The first-order chi connectivity index (χ1) is 8.41. The van der Waals surface area contributed by atoms with E-state index in [1.54, 1.807) is 19.1 Å². The van der Waals surface area contributed by atoms with Crippen molar-refractivity contribution in [1.29, 1.82) is 0 Å². The lowest BCUT2D eigenvalue weighted by Gasteiger charge is -2.12. The molecule has 0 saturated carbocycles. The molecule has 0 amide bonds. The minimum absolute atomic E-state index is 0.0126. The van der Waals surface area contributed by atoms with E-state index in [2.05, 4.69) is 0 Å². The van der Waals surface area contributed by atoms with Crippen molar-refractivity contribution in [2.75, 3.05) is 0 Å². The van der Waals surface area contributed by atoms with E-state index in [9.17, 15) is 9.18 Å². The molecule has 2 unspecified atom stereocenters. The van der Waals surface area contributed by atoms with Crippen molar-refractivity contribution in [1.82, 2.24) is 0 Å². The van der Waals surface area contributed by atoms with Crippen LogP contribution in [0.3, 0.4) is 0 Å². The molecule has 3 heteroatoms. The smallest absolute Gasteiger partial charge is 0.165 e. The van der Waals surface area contributed by atoms with E-state index >= 15 is 0 Å². The van der Waals surface area contributed by atoms with Crippen LogP contribution in [0.15, 0.2) is 18.2 Å². The van der Waals surface area contributed by atoms with Crippen molar-refractivity contribution in [3.63, 3.8) is 0 Å². The van der Waals surface area contributed by atoms with Gasteiger partial charge in [0.2, 0.25) is 0 Å². The van der Waals surface area contributed by atoms with Crippen molar-refractivity contribution in [3.8, 4) is 0 Å². The number of aryl methyl sites for hydroxylation is 1. The van der Waals surface area contributed by atoms with Crippen LogP contribution in [0.5, 0.6) is 0 Å². The number of carbonyl (C=O) groups is 1. The maximum atomic E-state index is 13.4. The van der Waals surface area contributed by atoms with Gasteiger partial charge in [0.1, 0.15) is 5.82 Å². The van der Waals surface area contributed by atoms with Gasteiger partial charge in [-0.2, -0.15) is 0 Å². The molecule has 1 aromatic carbocycles. The number of Topliss-reactive ketones (excluding diaryl/α,β-unsaturated/α-hetero) is 1. The molecule has 2 atom stereocenters. The summed E-state index contributed by atoms with van der Waals surface area (Å²) in [7, 11) is 0. The summed E-state index contributed by atoms with van der Waals surface area (Å²) < 4.78 is 13.4. The highest BCUT2D eigenvalue weighted by Crippen LogP contribution is 2.17. The summed E-state index contributed by atoms with van der Waals surface area (Å²) in [6, 6.07) is 4.85. The zero-order valence-corrected chi connectivity index (χ0v) is 11.4. The van der Waals surface area contributed by atoms with Crippen LogP contribution < -0.4 is 5.73 Å². The van der Waals surface area contributed by atoms with Gasteiger partial charge < -0.3 is 5.73 Å². The first-order valence-corrected chi connectivity index (χ1v) is 6.47. The Morgan fingerprint density at radius 1 is 1.33 bits per heavy atom. The summed E-state index contributed by atoms with van der Waals surface area (Å²) in [5, 5.41) is 0. The SMILES string of the molecule is Cc1ccc(C(=O)C(C)CCCC(C)N)cc1F. The highest BCUT2D eigenvalue weighted by Gasteiger charge is 2.16. The van der Waals surface area contributed by atoms with Crippen molar-refractivity contribution >= 4 is 5.78 Å². The summed E-state index contributed by atoms with van der Waals surface area (Å²) in [6.07, 6.45) is 2.65. The molecule has 0 spiro atoms. The first-order valence-electron chi connectivity index (χ1n) is 6.47. The van der Waals surface area contributed by atoms with Gasteiger partial charge >= 0.3 is 0 Å². The third kappa shape index (κ3) is 4.22. The van der Waals surface area contributed by atoms with Gasteiger partial charge in [0, 0.05) is 17.5 Å². The van der Waals surface area contributed by atoms with Gasteiger partial charge in [0.15, 0.2) is 5.78 Å². The van der Waals surface area contributed by atoms with E-state index in [1.165, 1.54) is 6.07 Å². The average molecular weight is 251 g/mol. The quantitative estimate of drug-likeness (QED) is 0.787. The Morgan fingerprint density at radius 2 is 2.00 bits per heavy atom. The van der Waals surface area contributed by atoms with Crippen LogP contribution in [0.2, 0.25) is 0 Å². The standard InChI is InChI=1S/C15H22FNO/c1-10-7-8-13(9-14(10)16)15(18)11(2)5-4-6-12(3)17/h7-9,11-12H,4-6,17H2,1-3H3. The van der Waals surface area contributed by atoms with E-state index in [0.717, 1.165) is 19.3 Å². The van der Waals surface area contributed by atoms with Crippen molar-refractivity contribution in [2.45, 2.75) is 46.1 Å². The van der Waals surface area contributed by atoms with Crippen LogP contribution in [0.4, 0.5) is 4.39 Å². The van der Waals surface area contributed by atoms with Crippen LogP contribution in [0.25, 0.3) is 0 Å². The molecule has 0 bridgehead atoms. The largest absolute Gasteiger partial charge is 0.328 e. The number of hydrogen-bond acceptors (Lipinski definition) is 2. The second-order valence-electron chi connectivity index (χ2n) is 5.14. The third-order valence-corrected chi connectivity index (χ3v) is 3.20. The van der Waals surface area contributed by atoms with Crippen LogP contribution in [-0.2, 0) is 0 Å². The Balaban J connectivity index is 2.60. The molecule has 0 aliphatic rings. The minimum atomic E-state index is -0.316. The van der Waals surface area contributed by atoms with E-state index < -0.39 is 0 Å². The lowest BCUT2D eigenvalue weighted by atomic mass is 9.93. The number of halogens is 1. The van der Waals surface area contributed by atoms with Gasteiger partial charge in [-0.05, 0) is 38.3 Å². The minimum Gasteiger partial charge on any atom is -0.328 e. The molecule has 100 valence electrons. The van der Waals surface area contributed by atoms with E-state index in [4.69, 9.17) is 5.73 Å². The molecule has 0 radical (unpaired) electrons. The van der Waals surface area contributed by atoms with Crippen molar-refractivity contribution in [3.05, 3.63) is 35.1 Å². The highest BCUT2D eigenvalue weighted by atomic mass is 19.1. The van der Waals surface area contributed by atoms with Crippen molar-refractivity contribution < 1.29 is 9.18 Å². The third-order valence-electron chi connectivity index (χ3n) is 3.20. The second kappa shape index (κ2) is 6.64. The molecule has 0 aliphatic carbocycles. The lowest BCUT2D eigenvalue weighted by Crippen LogP contribution is -2.16. The number of nitrogens with two attached hydrogens (primary N) is 1. The molecule has 0 saturated heterocycles.